The molecule has 0 aliphatic carbocycles. The lowest BCUT2D eigenvalue weighted by Gasteiger charge is -2.08. The number of carbonyl (C=O) groups excluding carboxylic acids is 1. The van der Waals surface area contributed by atoms with Crippen molar-refractivity contribution in [1.82, 2.24) is 0 Å². The lowest BCUT2D eigenvalue weighted by molar-refractivity contribution is -0.115. The third-order valence-corrected chi connectivity index (χ3v) is 3.98. The van der Waals surface area contributed by atoms with Gasteiger partial charge in [0.25, 0.3) is 0 Å². The number of hydrogen-bond donors (Lipinski definition) is 1. The zero-order chi connectivity index (χ0) is 15.6. The van der Waals surface area contributed by atoms with Gasteiger partial charge < -0.3 is 5.32 Å². The maximum Gasteiger partial charge on any atom is 0.228 e. The Bertz CT molecular complexity index is 710. The quantitative estimate of drug-likeness (QED) is 0.711. The Labute approximate surface area is 138 Å². The van der Waals surface area contributed by atoms with Crippen molar-refractivity contribution in [2.24, 2.45) is 0 Å². The van der Waals surface area contributed by atoms with Crippen LogP contribution in [0.1, 0.15) is 5.56 Å². The van der Waals surface area contributed by atoms with E-state index in [0.29, 0.717) is 15.6 Å². The summed E-state index contributed by atoms with van der Waals surface area (Å²) in [6.45, 7) is 0. The number of rotatable bonds is 3. The molecule has 2 nitrogen and oxygen atoms in total. The molecule has 2 aromatic carbocycles. The van der Waals surface area contributed by atoms with Crippen LogP contribution in [0.5, 0.6) is 0 Å². The van der Waals surface area contributed by atoms with Crippen LogP contribution >= 0.6 is 39.1 Å². The zero-order valence-corrected chi connectivity index (χ0v) is 13.5. The summed E-state index contributed by atoms with van der Waals surface area (Å²) in [6.07, 6.45) is -0.0337. The van der Waals surface area contributed by atoms with Gasteiger partial charge in [0.05, 0.1) is 26.6 Å². The van der Waals surface area contributed by atoms with E-state index in [2.05, 4.69) is 21.2 Å². The van der Waals surface area contributed by atoms with Crippen molar-refractivity contribution < 1.29 is 13.6 Å². The highest BCUT2D eigenvalue weighted by Gasteiger charge is 2.12. The molecule has 2 rings (SSSR count). The van der Waals surface area contributed by atoms with Gasteiger partial charge in [-0.3, -0.25) is 4.79 Å². The fourth-order valence-electron chi connectivity index (χ4n) is 1.65. The van der Waals surface area contributed by atoms with E-state index in [4.69, 9.17) is 23.2 Å². The van der Waals surface area contributed by atoms with Crippen LogP contribution in [0.4, 0.5) is 14.5 Å². The van der Waals surface area contributed by atoms with E-state index in [-0.39, 0.29) is 16.6 Å². The van der Waals surface area contributed by atoms with Crippen LogP contribution in [0.15, 0.2) is 34.8 Å². The third-order valence-electron chi connectivity index (χ3n) is 2.63. The van der Waals surface area contributed by atoms with E-state index < -0.39 is 17.5 Å². The zero-order valence-electron chi connectivity index (χ0n) is 10.4. The Kier molecular flexibility index (Phi) is 5.19. The molecular formula is C14H8BrCl2F2NO. The molecule has 21 heavy (non-hydrogen) atoms. The Morgan fingerprint density at radius 3 is 2.48 bits per heavy atom. The first-order valence-electron chi connectivity index (χ1n) is 5.75. The molecule has 0 aromatic heterocycles. The van der Waals surface area contributed by atoms with Crippen molar-refractivity contribution in [3.8, 4) is 0 Å². The van der Waals surface area contributed by atoms with Crippen molar-refractivity contribution in [3.63, 3.8) is 0 Å². The smallest absolute Gasteiger partial charge is 0.228 e. The molecule has 0 aliphatic heterocycles. The van der Waals surface area contributed by atoms with Gasteiger partial charge in [0.2, 0.25) is 5.91 Å². The van der Waals surface area contributed by atoms with Crippen LogP contribution in [0.25, 0.3) is 0 Å². The highest BCUT2D eigenvalue weighted by molar-refractivity contribution is 9.10. The Morgan fingerprint density at radius 2 is 1.81 bits per heavy atom. The van der Waals surface area contributed by atoms with E-state index in [1.807, 2.05) is 0 Å². The SMILES string of the molecule is O=C(Cc1ccc(Cl)c(Cl)c1)Nc1cc(F)c(Br)cc1F. The molecule has 0 atom stereocenters. The molecule has 0 unspecified atom stereocenters. The van der Waals surface area contributed by atoms with Crippen molar-refractivity contribution in [2.45, 2.75) is 6.42 Å². The van der Waals surface area contributed by atoms with E-state index in [1.165, 1.54) is 0 Å². The standard InChI is InChI=1S/C14H8BrCl2F2NO/c15-8-5-12(19)13(6-11(8)18)20-14(21)4-7-1-2-9(16)10(17)3-7/h1-3,5-6H,4H2,(H,20,21). The summed E-state index contributed by atoms with van der Waals surface area (Å²) in [5.74, 6) is -1.89. The number of amides is 1. The molecule has 1 amide bonds. The molecule has 0 aliphatic rings. The molecule has 0 saturated carbocycles. The molecule has 0 saturated heterocycles. The van der Waals surface area contributed by atoms with Crippen LogP contribution in [0.2, 0.25) is 10.0 Å². The lowest BCUT2D eigenvalue weighted by atomic mass is 10.1. The third kappa shape index (κ3) is 4.15. The van der Waals surface area contributed by atoms with E-state index in [1.54, 1.807) is 18.2 Å². The second-order valence-electron chi connectivity index (χ2n) is 4.22. The van der Waals surface area contributed by atoms with E-state index in [0.717, 1.165) is 12.1 Å². The summed E-state index contributed by atoms with van der Waals surface area (Å²) in [6, 6.07) is 6.59. The van der Waals surface area contributed by atoms with Gasteiger partial charge in [-0.05, 0) is 39.7 Å². The monoisotopic (exact) mass is 393 g/mol. The fraction of sp³-hybridized carbons (Fsp3) is 0.0714. The van der Waals surface area contributed by atoms with Crippen LogP contribution in [0, 0.1) is 11.6 Å². The highest BCUT2D eigenvalue weighted by atomic mass is 79.9. The second kappa shape index (κ2) is 6.73. The first kappa shape index (κ1) is 16.2. The molecule has 7 heteroatoms. The first-order valence-corrected chi connectivity index (χ1v) is 7.30. The summed E-state index contributed by atoms with van der Waals surface area (Å²) in [5.41, 5.74) is 0.389. The van der Waals surface area contributed by atoms with Crippen molar-refractivity contribution in [2.75, 3.05) is 5.32 Å². The second-order valence-corrected chi connectivity index (χ2v) is 5.89. The average Bonchev–Trinajstić information content (AvgIpc) is 2.40. The topological polar surface area (TPSA) is 29.1 Å². The van der Waals surface area contributed by atoms with Crippen LogP contribution in [-0.4, -0.2) is 5.91 Å². The molecule has 110 valence electrons. The highest BCUT2D eigenvalue weighted by Crippen LogP contribution is 2.25. The van der Waals surface area contributed by atoms with Crippen molar-refractivity contribution >= 4 is 50.7 Å². The number of hydrogen-bond acceptors (Lipinski definition) is 1. The molecule has 0 heterocycles. The molecule has 0 bridgehead atoms. The molecule has 0 spiro atoms. The minimum absolute atomic E-state index is 0.0116. The molecule has 1 N–H and O–H groups in total. The summed E-state index contributed by atoms with van der Waals surface area (Å²) >= 11 is 14.5. The Hall–Kier alpha value is -1.17. The van der Waals surface area contributed by atoms with Crippen LogP contribution < -0.4 is 5.32 Å². The average molecular weight is 395 g/mol. The molecule has 0 fully saturated rings. The van der Waals surface area contributed by atoms with Gasteiger partial charge in [-0.15, -0.1) is 0 Å². The normalized spacial score (nSPS) is 10.5. The van der Waals surface area contributed by atoms with E-state index in [9.17, 15) is 13.6 Å². The number of halogens is 5. The van der Waals surface area contributed by atoms with Crippen LogP contribution in [-0.2, 0) is 11.2 Å². The van der Waals surface area contributed by atoms with Gasteiger partial charge >= 0.3 is 0 Å². The summed E-state index contributed by atoms with van der Waals surface area (Å²) in [4.78, 5) is 11.8. The summed E-state index contributed by atoms with van der Waals surface area (Å²) < 4.78 is 26.9. The molecule has 0 radical (unpaired) electrons. The minimum Gasteiger partial charge on any atom is -0.323 e. The maximum atomic E-state index is 13.6. The summed E-state index contributed by atoms with van der Waals surface area (Å²) in [5, 5.41) is 3.01. The van der Waals surface area contributed by atoms with Gasteiger partial charge in [0.15, 0.2) is 0 Å². The van der Waals surface area contributed by atoms with Crippen LogP contribution in [0.3, 0.4) is 0 Å². The Balaban J connectivity index is 2.11. The predicted molar refractivity (Wildman–Crippen MR) is 82.9 cm³/mol. The van der Waals surface area contributed by atoms with Gasteiger partial charge in [0.1, 0.15) is 11.6 Å². The van der Waals surface area contributed by atoms with Gasteiger partial charge in [-0.2, -0.15) is 0 Å². The predicted octanol–water partition coefficient (Wildman–Crippen LogP) is 5.22. The number of benzene rings is 2. The van der Waals surface area contributed by atoms with Gasteiger partial charge in [-0.1, -0.05) is 29.3 Å². The van der Waals surface area contributed by atoms with Crippen molar-refractivity contribution in [1.29, 1.82) is 0 Å². The number of carbonyl (C=O) groups is 1. The maximum absolute atomic E-state index is 13.6. The van der Waals surface area contributed by atoms with Gasteiger partial charge in [-0.25, -0.2) is 8.78 Å². The summed E-state index contributed by atoms with van der Waals surface area (Å²) in [7, 11) is 0. The van der Waals surface area contributed by atoms with Crippen molar-refractivity contribution in [3.05, 3.63) is 62.0 Å². The molecular weight excluding hydrogens is 387 g/mol. The molecule has 2 aromatic rings. The number of anilines is 1. The number of nitrogens with one attached hydrogen (secondary N) is 1. The lowest BCUT2D eigenvalue weighted by Crippen LogP contribution is -2.15. The van der Waals surface area contributed by atoms with Gasteiger partial charge in [0, 0.05) is 6.07 Å². The Morgan fingerprint density at radius 1 is 1.10 bits per heavy atom. The largest absolute Gasteiger partial charge is 0.323 e. The first-order chi connectivity index (χ1) is 9.86. The fourth-order valence-corrected chi connectivity index (χ4v) is 2.28. The minimum atomic E-state index is -0.731. The van der Waals surface area contributed by atoms with E-state index >= 15 is 0 Å².